The largest absolute Gasteiger partial charge is 0.300 e. The molecule has 0 atom stereocenters. The lowest BCUT2D eigenvalue weighted by molar-refractivity contribution is -0.312. The van der Waals surface area contributed by atoms with Crippen LogP contribution in [-0.4, -0.2) is 19.0 Å². The summed E-state index contributed by atoms with van der Waals surface area (Å²) in [4.78, 5) is 19.4. The van der Waals surface area contributed by atoms with Crippen molar-refractivity contribution in [2.75, 3.05) is 13.2 Å². The Hall–Kier alpha value is -0.410. The molecule has 0 N–H and O–H groups in total. The van der Waals surface area contributed by atoms with E-state index in [1.54, 1.807) is 6.92 Å². The molecule has 0 aromatic heterocycles. The minimum absolute atomic E-state index is 0.287. The maximum atomic E-state index is 10.3. The van der Waals surface area contributed by atoms with Crippen molar-refractivity contribution >= 4 is 5.78 Å². The molecule has 0 bridgehead atoms. The van der Waals surface area contributed by atoms with E-state index < -0.39 is 0 Å². The Kier molecular flexibility index (Phi) is 7.94. The highest BCUT2D eigenvalue weighted by atomic mass is 17.2. The molecule has 1 aliphatic heterocycles. The van der Waals surface area contributed by atoms with Gasteiger partial charge in [0.25, 0.3) is 0 Å². The summed E-state index contributed by atoms with van der Waals surface area (Å²) in [5.74, 6) is 0.813. The van der Waals surface area contributed by atoms with Crippen molar-refractivity contribution in [3.05, 3.63) is 0 Å². The van der Waals surface area contributed by atoms with Crippen LogP contribution in [0.2, 0.25) is 0 Å². The molecule has 78 valence electrons. The van der Waals surface area contributed by atoms with E-state index in [-0.39, 0.29) is 5.78 Å². The molecule has 0 amide bonds. The van der Waals surface area contributed by atoms with E-state index in [1.165, 1.54) is 0 Å². The molecular weight excluding hydrogens is 168 g/mol. The molecule has 0 saturated carbocycles. The molecule has 13 heavy (non-hydrogen) atoms. The van der Waals surface area contributed by atoms with Crippen molar-refractivity contribution in [1.82, 2.24) is 0 Å². The Morgan fingerprint density at radius 3 is 1.77 bits per heavy atom. The first-order valence-corrected chi connectivity index (χ1v) is 4.86. The van der Waals surface area contributed by atoms with Crippen molar-refractivity contribution in [1.29, 1.82) is 0 Å². The van der Waals surface area contributed by atoms with Gasteiger partial charge in [-0.25, -0.2) is 9.78 Å². The fourth-order valence-electron chi connectivity index (χ4n) is 1.01. The van der Waals surface area contributed by atoms with Crippen molar-refractivity contribution < 1.29 is 14.6 Å². The monoisotopic (exact) mass is 188 g/mol. The second-order valence-corrected chi connectivity index (χ2v) is 3.65. The molecule has 1 fully saturated rings. The van der Waals surface area contributed by atoms with E-state index in [2.05, 4.69) is 9.78 Å². The molecule has 3 nitrogen and oxygen atoms in total. The van der Waals surface area contributed by atoms with Gasteiger partial charge in [0.2, 0.25) is 0 Å². The van der Waals surface area contributed by atoms with E-state index in [4.69, 9.17) is 0 Å². The first kappa shape index (κ1) is 12.6. The number of ketones is 1. The van der Waals surface area contributed by atoms with Gasteiger partial charge in [-0.1, -0.05) is 13.8 Å². The molecule has 1 heterocycles. The zero-order valence-electron chi connectivity index (χ0n) is 8.84. The smallest absolute Gasteiger partial charge is 0.130 e. The zero-order valence-corrected chi connectivity index (χ0v) is 8.84. The summed E-state index contributed by atoms with van der Waals surface area (Å²) >= 11 is 0. The molecule has 0 aromatic rings. The summed E-state index contributed by atoms with van der Waals surface area (Å²) in [5, 5.41) is 0. The molecule has 0 spiro atoms. The Balaban J connectivity index is 0.000000223. The third-order valence-corrected chi connectivity index (χ3v) is 1.48. The fraction of sp³-hybridized carbons (Fsp3) is 0.900. The number of rotatable bonds is 2. The fourth-order valence-corrected chi connectivity index (χ4v) is 1.01. The topological polar surface area (TPSA) is 35.5 Å². The van der Waals surface area contributed by atoms with Gasteiger partial charge in [0.15, 0.2) is 0 Å². The lowest BCUT2D eigenvalue weighted by Crippen LogP contribution is -2.05. The van der Waals surface area contributed by atoms with E-state index in [0.717, 1.165) is 32.5 Å². The number of hydrogen-bond donors (Lipinski definition) is 0. The standard InChI is InChI=1S/C6H12O.C4H8O2/c1-5(2)4-6(3)7;1-2-4-6-5-3-1/h5H,4H2,1-3H3;1-4H2. The van der Waals surface area contributed by atoms with E-state index in [1.807, 2.05) is 13.8 Å². The Labute approximate surface area is 80.3 Å². The molecule has 0 radical (unpaired) electrons. The summed E-state index contributed by atoms with van der Waals surface area (Å²) in [6, 6.07) is 0. The summed E-state index contributed by atoms with van der Waals surface area (Å²) in [5.41, 5.74) is 0. The minimum Gasteiger partial charge on any atom is -0.300 e. The third-order valence-electron chi connectivity index (χ3n) is 1.48. The lowest BCUT2D eigenvalue weighted by Gasteiger charge is -2.07. The van der Waals surface area contributed by atoms with Crippen molar-refractivity contribution in [3.63, 3.8) is 0 Å². The lowest BCUT2D eigenvalue weighted by atomic mass is 10.1. The molecule has 0 unspecified atom stereocenters. The number of hydrogen-bond acceptors (Lipinski definition) is 3. The van der Waals surface area contributed by atoms with Crippen molar-refractivity contribution in [2.24, 2.45) is 5.92 Å². The Morgan fingerprint density at radius 1 is 1.23 bits per heavy atom. The average Bonchev–Trinajstić information content (AvgIpc) is 2.06. The van der Waals surface area contributed by atoms with Crippen LogP contribution in [0.5, 0.6) is 0 Å². The summed E-state index contributed by atoms with van der Waals surface area (Å²) in [6.07, 6.45) is 3.03. The van der Waals surface area contributed by atoms with Crippen molar-refractivity contribution in [3.8, 4) is 0 Å². The molecule has 0 aliphatic carbocycles. The van der Waals surface area contributed by atoms with Gasteiger partial charge in [0.1, 0.15) is 5.78 Å². The third kappa shape index (κ3) is 11.6. The first-order valence-electron chi connectivity index (χ1n) is 4.86. The molecule has 1 saturated heterocycles. The van der Waals surface area contributed by atoms with Crippen LogP contribution in [0.4, 0.5) is 0 Å². The van der Waals surface area contributed by atoms with E-state index >= 15 is 0 Å². The van der Waals surface area contributed by atoms with E-state index in [0.29, 0.717) is 5.92 Å². The van der Waals surface area contributed by atoms with Crippen molar-refractivity contribution in [2.45, 2.75) is 40.0 Å². The van der Waals surface area contributed by atoms with Gasteiger partial charge < -0.3 is 4.79 Å². The Morgan fingerprint density at radius 2 is 1.69 bits per heavy atom. The molecule has 0 aromatic carbocycles. The molecule has 3 heteroatoms. The van der Waals surface area contributed by atoms with Gasteiger partial charge in [-0.3, -0.25) is 0 Å². The average molecular weight is 188 g/mol. The van der Waals surface area contributed by atoms with E-state index in [9.17, 15) is 4.79 Å². The molecular formula is C10H20O3. The summed E-state index contributed by atoms with van der Waals surface area (Å²) in [6.45, 7) is 7.27. The predicted octanol–water partition coefficient (Wildman–Crippen LogP) is 2.35. The first-order chi connectivity index (χ1) is 6.13. The molecule has 1 aliphatic rings. The number of Topliss-reactive ketones (excluding diaryl/α,β-unsaturated/α-hetero) is 1. The maximum Gasteiger partial charge on any atom is 0.130 e. The SMILES string of the molecule is C1CCOOC1.CC(=O)CC(C)C. The highest BCUT2D eigenvalue weighted by Gasteiger charge is 1.96. The zero-order chi connectivity index (χ0) is 10.1. The highest BCUT2D eigenvalue weighted by molar-refractivity contribution is 5.75. The van der Waals surface area contributed by atoms with Crippen LogP contribution in [0, 0.1) is 5.92 Å². The predicted molar refractivity (Wildman–Crippen MR) is 51.3 cm³/mol. The summed E-state index contributed by atoms with van der Waals surface area (Å²) in [7, 11) is 0. The normalized spacial score (nSPS) is 16.3. The van der Waals surface area contributed by atoms with Crippen LogP contribution in [0.25, 0.3) is 0 Å². The van der Waals surface area contributed by atoms with Gasteiger partial charge in [-0.05, 0) is 25.7 Å². The van der Waals surface area contributed by atoms with Crippen LogP contribution >= 0.6 is 0 Å². The van der Waals surface area contributed by atoms with Crippen LogP contribution in [0.3, 0.4) is 0 Å². The maximum absolute atomic E-state index is 10.3. The van der Waals surface area contributed by atoms with Crippen LogP contribution < -0.4 is 0 Å². The minimum atomic E-state index is 0.287. The summed E-state index contributed by atoms with van der Waals surface area (Å²) < 4.78 is 0. The second kappa shape index (κ2) is 8.20. The van der Waals surface area contributed by atoms with Gasteiger partial charge in [-0.15, -0.1) is 0 Å². The number of carbonyl (C=O) groups is 1. The van der Waals surface area contributed by atoms with Gasteiger partial charge in [-0.2, -0.15) is 0 Å². The van der Waals surface area contributed by atoms with Gasteiger partial charge in [0, 0.05) is 6.42 Å². The number of carbonyl (C=O) groups excluding carboxylic acids is 1. The Bertz CT molecular complexity index is 117. The highest BCUT2D eigenvalue weighted by Crippen LogP contribution is 1.98. The second-order valence-electron chi connectivity index (χ2n) is 3.65. The van der Waals surface area contributed by atoms with Crippen LogP contribution in [0.15, 0.2) is 0 Å². The van der Waals surface area contributed by atoms with Gasteiger partial charge in [0.05, 0.1) is 13.2 Å². The quantitative estimate of drug-likeness (QED) is 0.624. The van der Waals surface area contributed by atoms with Gasteiger partial charge >= 0.3 is 0 Å². The van der Waals surface area contributed by atoms with Crippen LogP contribution in [-0.2, 0) is 14.6 Å². The molecule has 1 rings (SSSR count). The van der Waals surface area contributed by atoms with Crippen LogP contribution in [0.1, 0.15) is 40.0 Å².